The molecule has 5 heteroatoms. The normalized spacial score (nSPS) is 15.5. The van der Waals surface area contributed by atoms with E-state index >= 15 is 0 Å². The molecule has 1 aliphatic heterocycles. The Morgan fingerprint density at radius 2 is 1.79 bits per heavy atom. The lowest BCUT2D eigenvalue weighted by Crippen LogP contribution is -2.36. The van der Waals surface area contributed by atoms with Crippen LogP contribution in [0.2, 0.25) is 0 Å². The van der Waals surface area contributed by atoms with Crippen molar-refractivity contribution in [2.45, 2.75) is 32.4 Å². The summed E-state index contributed by atoms with van der Waals surface area (Å²) in [6.45, 7) is 4.28. The molecule has 0 radical (unpaired) electrons. The lowest BCUT2D eigenvalue weighted by Gasteiger charge is -2.30. The van der Waals surface area contributed by atoms with Crippen molar-refractivity contribution in [2.24, 2.45) is 0 Å². The summed E-state index contributed by atoms with van der Waals surface area (Å²) in [6, 6.07) is 17.9. The lowest BCUT2D eigenvalue weighted by molar-refractivity contribution is 0.0519. The molecular formula is C24H26N2O3. The van der Waals surface area contributed by atoms with Gasteiger partial charge >= 0.3 is 5.97 Å². The van der Waals surface area contributed by atoms with Gasteiger partial charge in [0.2, 0.25) is 0 Å². The predicted octanol–water partition coefficient (Wildman–Crippen LogP) is 4.04. The maximum absolute atomic E-state index is 13.1. The minimum absolute atomic E-state index is 0.236. The lowest BCUT2D eigenvalue weighted by atomic mass is 9.93. The van der Waals surface area contributed by atoms with Crippen molar-refractivity contribution in [1.82, 2.24) is 9.88 Å². The number of pyridine rings is 1. The largest absolute Gasteiger partial charge is 0.462 e. The number of aliphatic hydroxyl groups excluding tert-OH is 1. The van der Waals surface area contributed by atoms with Gasteiger partial charge in [0.25, 0.3) is 0 Å². The number of para-hydroxylation sites is 1. The minimum Gasteiger partial charge on any atom is -0.462 e. The van der Waals surface area contributed by atoms with Crippen molar-refractivity contribution in [2.75, 3.05) is 19.7 Å². The molecule has 1 fully saturated rings. The molecule has 0 amide bonds. The summed E-state index contributed by atoms with van der Waals surface area (Å²) in [5, 5.41) is 10.8. The van der Waals surface area contributed by atoms with E-state index in [1.54, 1.807) is 0 Å². The summed E-state index contributed by atoms with van der Waals surface area (Å²) >= 11 is 0. The van der Waals surface area contributed by atoms with Crippen LogP contribution in [0.15, 0.2) is 54.6 Å². The topological polar surface area (TPSA) is 62.7 Å². The fourth-order valence-electron chi connectivity index (χ4n) is 3.99. The third-order valence-electron chi connectivity index (χ3n) is 5.44. The first-order valence-electron chi connectivity index (χ1n) is 10.2. The molecule has 150 valence electrons. The van der Waals surface area contributed by atoms with Gasteiger partial charge in [-0.05, 0) is 31.4 Å². The van der Waals surface area contributed by atoms with Gasteiger partial charge in [0, 0.05) is 30.6 Å². The van der Waals surface area contributed by atoms with Crippen LogP contribution >= 0.6 is 0 Å². The number of carbonyl (C=O) groups excluding carboxylic acids is 1. The highest BCUT2D eigenvalue weighted by atomic mass is 16.5. The number of aliphatic hydroxyl groups is 1. The highest BCUT2D eigenvalue weighted by Crippen LogP contribution is 2.34. The molecule has 0 aliphatic carbocycles. The van der Waals surface area contributed by atoms with Crippen molar-refractivity contribution in [3.63, 3.8) is 0 Å². The van der Waals surface area contributed by atoms with Crippen LogP contribution in [-0.4, -0.2) is 46.8 Å². The molecule has 0 saturated carbocycles. The molecule has 1 N–H and O–H groups in total. The van der Waals surface area contributed by atoms with E-state index in [0.717, 1.165) is 53.7 Å². The Morgan fingerprint density at radius 1 is 1.10 bits per heavy atom. The molecular weight excluding hydrogens is 364 g/mol. The van der Waals surface area contributed by atoms with Gasteiger partial charge in [-0.2, -0.15) is 0 Å². The molecule has 1 aliphatic rings. The Hall–Kier alpha value is -2.76. The number of hydrogen-bond acceptors (Lipinski definition) is 5. The number of piperidine rings is 1. The second-order valence-corrected chi connectivity index (χ2v) is 7.42. The van der Waals surface area contributed by atoms with Crippen molar-refractivity contribution in [3.8, 4) is 11.1 Å². The number of hydrogen-bond donors (Lipinski definition) is 1. The second-order valence-electron chi connectivity index (χ2n) is 7.42. The SMILES string of the molecule is CCOC(=O)c1c(CN2CCC(O)CC2)nc2ccccc2c1-c1ccccc1. The number of benzene rings is 2. The zero-order chi connectivity index (χ0) is 20.2. The first-order valence-corrected chi connectivity index (χ1v) is 10.2. The van der Waals surface area contributed by atoms with Gasteiger partial charge in [-0.1, -0.05) is 48.5 Å². The van der Waals surface area contributed by atoms with Gasteiger partial charge < -0.3 is 9.84 Å². The molecule has 2 heterocycles. The number of likely N-dealkylation sites (tertiary alicyclic amines) is 1. The Labute approximate surface area is 170 Å². The quantitative estimate of drug-likeness (QED) is 0.667. The maximum atomic E-state index is 13.1. The zero-order valence-corrected chi connectivity index (χ0v) is 16.7. The summed E-state index contributed by atoms with van der Waals surface area (Å²) in [7, 11) is 0. The van der Waals surface area contributed by atoms with E-state index in [9.17, 15) is 9.90 Å². The zero-order valence-electron chi connectivity index (χ0n) is 16.7. The van der Waals surface area contributed by atoms with E-state index in [1.165, 1.54) is 0 Å². The van der Waals surface area contributed by atoms with Crippen LogP contribution in [0.1, 0.15) is 35.8 Å². The minimum atomic E-state index is -0.336. The summed E-state index contributed by atoms with van der Waals surface area (Å²) in [5.74, 6) is -0.336. The van der Waals surface area contributed by atoms with Crippen LogP contribution in [-0.2, 0) is 11.3 Å². The van der Waals surface area contributed by atoms with E-state index in [1.807, 2.05) is 61.5 Å². The third kappa shape index (κ3) is 4.16. The second kappa shape index (κ2) is 8.72. The van der Waals surface area contributed by atoms with E-state index in [-0.39, 0.29) is 12.1 Å². The number of aromatic nitrogens is 1. The van der Waals surface area contributed by atoms with Crippen LogP contribution in [0, 0.1) is 0 Å². The average molecular weight is 390 g/mol. The fourth-order valence-corrected chi connectivity index (χ4v) is 3.99. The van der Waals surface area contributed by atoms with E-state index in [0.29, 0.717) is 18.7 Å². The summed E-state index contributed by atoms with van der Waals surface area (Å²) in [4.78, 5) is 20.2. The van der Waals surface area contributed by atoms with E-state index in [4.69, 9.17) is 9.72 Å². The molecule has 0 bridgehead atoms. The summed E-state index contributed by atoms with van der Waals surface area (Å²) in [5.41, 5.74) is 4.00. The van der Waals surface area contributed by atoms with Crippen molar-refractivity contribution >= 4 is 16.9 Å². The predicted molar refractivity (Wildman–Crippen MR) is 114 cm³/mol. The smallest absolute Gasteiger partial charge is 0.340 e. The van der Waals surface area contributed by atoms with Crippen LogP contribution in [0.5, 0.6) is 0 Å². The average Bonchev–Trinajstić information content (AvgIpc) is 2.75. The number of fused-ring (bicyclic) bond motifs is 1. The number of rotatable bonds is 5. The molecule has 3 aromatic rings. The number of nitrogens with zero attached hydrogens (tertiary/aromatic N) is 2. The van der Waals surface area contributed by atoms with Gasteiger partial charge in [0.05, 0.1) is 29.5 Å². The number of ether oxygens (including phenoxy) is 1. The maximum Gasteiger partial charge on any atom is 0.340 e. The molecule has 0 atom stereocenters. The first kappa shape index (κ1) is 19.6. The van der Waals surface area contributed by atoms with Gasteiger partial charge in [-0.15, -0.1) is 0 Å². The standard InChI is InChI=1S/C24H26N2O3/c1-2-29-24(28)23-21(16-26-14-12-18(27)13-15-26)25-20-11-7-6-10-19(20)22(23)17-8-4-3-5-9-17/h3-11,18,27H,2,12-16H2,1H3. The summed E-state index contributed by atoms with van der Waals surface area (Å²) in [6.07, 6.45) is 1.25. The van der Waals surface area contributed by atoms with Crippen LogP contribution in [0.25, 0.3) is 22.0 Å². The van der Waals surface area contributed by atoms with Crippen molar-refractivity contribution in [1.29, 1.82) is 0 Å². The molecule has 5 nitrogen and oxygen atoms in total. The van der Waals surface area contributed by atoms with Gasteiger partial charge in [-0.25, -0.2) is 4.79 Å². The Kier molecular flexibility index (Phi) is 5.88. The van der Waals surface area contributed by atoms with Gasteiger partial charge in [0.15, 0.2) is 0 Å². The van der Waals surface area contributed by atoms with Crippen molar-refractivity contribution in [3.05, 3.63) is 65.9 Å². The monoisotopic (exact) mass is 390 g/mol. The Balaban J connectivity index is 1.89. The van der Waals surface area contributed by atoms with Crippen LogP contribution < -0.4 is 0 Å². The molecule has 1 aromatic heterocycles. The molecule has 4 rings (SSSR count). The molecule has 29 heavy (non-hydrogen) atoms. The molecule has 0 spiro atoms. The third-order valence-corrected chi connectivity index (χ3v) is 5.44. The van der Waals surface area contributed by atoms with Crippen molar-refractivity contribution < 1.29 is 14.6 Å². The van der Waals surface area contributed by atoms with E-state index in [2.05, 4.69) is 4.90 Å². The molecule has 0 unspecified atom stereocenters. The van der Waals surface area contributed by atoms with E-state index < -0.39 is 0 Å². The van der Waals surface area contributed by atoms with Crippen LogP contribution in [0.3, 0.4) is 0 Å². The summed E-state index contributed by atoms with van der Waals surface area (Å²) < 4.78 is 5.45. The fraction of sp³-hybridized carbons (Fsp3) is 0.333. The van der Waals surface area contributed by atoms with Gasteiger partial charge in [0.1, 0.15) is 0 Å². The molecule has 2 aromatic carbocycles. The Morgan fingerprint density at radius 3 is 2.52 bits per heavy atom. The highest BCUT2D eigenvalue weighted by Gasteiger charge is 2.26. The number of esters is 1. The molecule has 1 saturated heterocycles. The Bertz CT molecular complexity index is 996. The first-order chi connectivity index (χ1) is 14.2. The van der Waals surface area contributed by atoms with Gasteiger partial charge in [-0.3, -0.25) is 9.88 Å². The van der Waals surface area contributed by atoms with Crippen LogP contribution in [0.4, 0.5) is 0 Å². The number of carbonyl (C=O) groups is 1. The highest BCUT2D eigenvalue weighted by molar-refractivity contribution is 6.07.